The molecule has 2 aromatic carbocycles. The van der Waals surface area contributed by atoms with Crippen molar-refractivity contribution in [3.8, 4) is 5.75 Å². The number of hydrogen-bond donors (Lipinski definition) is 2. The van der Waals surface area contributed by atoms with E-state index in [0.717, 1.165) is 17.1 Å². The maximum absolute atomic E-state index is 5.35. The molecule has 0 aromatic heterocycles. The molecule has 0 aliphatic heterocycles. The minimum Gasteiger partial charge on any atom is -0.497 e. The summed E-state index contributed by atoms with van der Waals surface area (Å²) in [6.45, 7) is 0. The zero-order chi connectivity index (χ0) is 14.7. The van der Waals surface area contributed by atoms with Crippen LogP contribution >= 0.6 is 12.2 Å². The van der Waals surface area contributed by atoms with Crippen LogP contribution in [0, 0.1) is 0 Å². The number of rotatable bonds is 3. The number of thiocarbonyl (C=S) groups is 1. The van der Waals surface area contributed by atoms with Crippen LogP contribution in [-0.2, 0) is 12.8 Å². The van der Waals surface area contributed by atoms with Gasteiger partial charge in [-0.1, -0.05) is 6.07 Å². The average molecular weight is 298 g/mol. The Bertz CT molecular complexity index is 652. The molecule has 0 spiro atoms. The molecule has 0 unspecified atom stereocenters. The van der Waals surface area contributed by atoms with Crippen molar-refractivity contribution in [1.82, 2.24) is 0 Å². The van der Waals surface area contributed by atoms with Crippen LogP contribution in [0.4, 0.5) is 11.4 Å². The van der Waals surface area contributed by atoms with Crippen LogP contribution in [0.3, 0.4) is 0 Å². The van der Waals surface area contributed by atoms with Gasteiger partial charge in [0, 0.05) is 11.4 Å². The molecular weight excluding hydrogens is 280 g/mol. The zero-order valence-electron chi connectivity index (χ0n) is 12.0. The molecule has 0 radical (unpaired) electrons. The average Bonchev–Trinajstić information content (AvgIpc) is 2.95. The van der Waals surface area contributed by atoms with E-state index in [2.05, 4.69) is 28.8 Å². The third-order valence-corrected chi connectivity index (χ3v) is 3.91. The third-order valence-electron chi connectivity index (χ3n) is 3.70. The first-order chi connectivity index (χ1) is 10.2. The predicted molar refractivity (Wildman–Crippen MR) is 91.3 cm³/mol. The van der Waals surface area contributed by atoms with Gasteiger partial charge in [0.15, 0.2) is 5.11 Å². The molecule has 108 valence electrons. The Morgan fingerprint density at radius 3 is 2.38 bits per heavy atom. The summed E-state index contributed by atoms with van der Waals surface area (Å²) in [5.74, 6) is 0.832. The van der Waals surface area contributed by atoms with Crippen molar-refractivity contribution >= 4 is 28.7 Å². The summed E-state index contributed by atoms with van der Waals surface area (Å²) < 4.78 is 5.14. The first-order valence-corrected chi connectivity index (χ1v) is 7.49. The maximum atomic E-state index is 5.35. The molecule has 2 N–H and O–H groups in total. The molecule has 3 nitrogen and oxygen atoms in total. The fourth-order valence-corrected chi connectivity index (χ4v) is 2.85. The van der Waals surface area contributed by atoms with Crippen molar-refractivity contribution in [1.29, 1.82) is 0 Å². The summed E-state index contributed by atoms with van der Waals surface area (Å²) >= 11 is 5.35. The minimum atomic E-state index is 0.595. The first kappa shape index (κ1) is 13.9. The van der Waals surface area contributed by atoms with Gasteiger partial charge in [0.1, 0.15) is 5.75 Å². The number of nitrogens with one attached hydrogen (secondary N) is 2. The van der Waals surface area contributed by atoms with Crippen LogP contribution in [0.1, 0.15) is 17.5 Å². The standard InChI is InChI=1S/C17H18N2OS/c1-20-16-9-7-14(8-10-16)18-17(21)19-15-6-5-12-3-2-4-13(12)11-15/h5-11H,2-4H2,1H3,(H2,18,19,21). The maximum Gasteiger partial charge on any atom is 0.175 e. The highest BCUT2D eigenvalue weighted by atomic mass is 32.1. The van der Waals surface area contributed by atoms with Gasteiger partial charge >= 0.3 is 0 Å². The number of methoxy groups -OCH3 is 1. The molecule has 0 amide bonds. The van der Waals surface area contributed by atoms with E-state index >= 15 is 0 Å². The van der Waals surface area contributed by atoms with E-state index in [0.29, 0.717) is 5.11 Å². The molecule has 1 aliphatic rings. The fourth-order valence-electron chi connectivity index (χ4n) is 2.62. The van der Waals surface area contributed by atoms with Gasteiger partial charge in [-0.2, -0.15) is 0 Å². The lowest BCUT2D eigenvalue weighted by Gasteiger charge is -2.12. The first-order valence-electron chi connectivity index (χ1n) is 7.08. The topological polar surface area (TPSA) is 33.3 Å². The van der Waals surface area contributed by atoms with Crippen LogP contribution in [0.2, 0.25) is 0 Å². The molecule has 0 saturated heterocycles. The van der Waals surface area contributed by atoms with Crippen molar-refractivity contribution in [2.45, 2.75) is 19.3 Å². The fraction of sp³-hybridized carbons (Fsp3) is 0.235. The smallest absolute Gasteiger partial charge is 0.175 e. The molecule has 1 aliphatic carbocycles. The molecule has 21 heavy (non-hydrogen) atoms. The molecule has 0 saturated carbocycles. The SMILES string of the molecule is COc1ccc(NC(=S)Nc2ccc3c(c2)CCC3)cc1. The zero-order valence-corrected chi connectivity index (χ0v) is 12.8. The summed E-state index contributed by atoms with van der Waals surface area (Å²) in [5.41, 5.74) is 4.89. The Morgan fingerprint density at radius 2 is 1.62 bits per heavy atom. The monoisotopic (exact) mass is 298 g/mol. The van der Waals surface area contributed by atoms with Crippen molar-refractivity contribution in [2.24, 2.45) is 0 Å². The second-order valence-corrected chi connectivity index (χ2v) is 5.55. The number of hydrogen-bond acceptors (Lipinski definition) is 2. The molecule has 2 aromatic rings. The highest BCUT2D eigenvalue weighted by molar-refractivity contribution is 7.80. The van der Waals surface area contributed by atoms with E-state index in [-0.39, 0.29) is 0 Å². The van der Waals surface area contributed by atoms with Gasteiger partial charge < -0.3 is 15.4 Å². The van der Waals surface area contributed by atoms with Gasteiger partial charge in [-0.15, -0.1) is 0 Å². The number of benzene rings is 2. The van der Waals surface area contributed by atoms with Gasteiger partial charge in [0.25, 0.3) is 0 Å². The van der Waals surface area contributed by atoms with Crippen molar-refractivity contribution < 1.29 is 4.74 Å². The van der Waals surface area contributed by atoms with E-state index in [9.17, 15) is 0 Å². The Balaban J connectivity index is 1.63. The predicted octanol–water partition coefficient (Wildman–Crippen LogP) is 3.99. The lowest BCUT2D eigenvalue weighted by Crippen LogP contribution is -2.19. The van der Waals surface area contributed by atoms with Crippen LogP contribution in [-0.4, -0.2) is 12.2 Å². The highest BCUT2D eigenvalue weighted by Crippen LogP contribution is 2.25. The number of anilines is 2. The molecule has 3 rings (SSSR count). The van der Waals surface area contributed by atoms with E-state index in [1.54, 1.807) is 7.11 Å². The quantitative estimate of drug-likeness (QED) is 0.839. The van der Waals surface area contributed by atoms with E-state index in [1.165, 1.54) is 30.4 Å². The Hall–Kier alpha value is -2.07. The van der Waals surface area contributed by atoms with Crippen LogP contribution in [0.15, 0.2) is 42.5 Å². The lowest BCUT2D eigenvalue weighted by atomic mass is 10.1. The molecule has 0 heterocycles. The van der Waals surface area contributed by atoms with Crippen molar-refractivity contribution in [2.75, 3.05) is 17.7 Å². The minimum absolute atomic E-state index is 0.595. The number of aryl methyl sites for hydroxylation is 2. The van der Waals surface area contributed by atoms with Crippen molar-refractivity contribution in [3.05, 3.63) is 53.6 Å². The number of ether oxygens (including phenoxy) is 1. The van der Waals surface area contributed by atoms with Crippen LogP contribution in [0.25, 0.3) is 0 Å². The molecular formula is C17H18N2OS. The molecule has 0 bridgehead atoms. The van der Waals surface area contributed by atoms with Crippen LogP contribution in [0.5, 0.6) is 5.75 Å². The Kier molecular flexibility index (Phi) is 4.06. The van der Waals surface area contributed by atoms with E-state index in [1.807, 2.05) is 24.3 Å². The Morgan fingerprint density at radius 1 is 0.952 bits per heavy atom. The molecule has 4 heteroatoms. The summed E-state index contributed by atoms with van der Waals surface area (Å²) in [6, 6.07) is 14.2. The highest BCUT2D eigenvalue weighted by Gasteiger charge is 2.11. The lowest BCUT2D eigenvalue weighted by molar-refractivity contribution is 0.415. The second kappa shape index (κ2) is 6.14. The number of fused-ring (bicyclic) bond motifs is 1. The van der Waals surface area contributed by atoms with Gasteiger partial charge in [-0.3, -0.25) is 0 Å². The second-order valence-electron chi connectivity index (χ2n) is 5.14. The van der Waals surface area contributed by atoms with Gasteiger partial charge in [-0.05, 0) is 79.0 Å². The summed E-state index contributed by atoms with van der Waals surface area (Å²) in [6.07, 6.45) is 3.63. The van der Waals surface area contributed by atoms with E-state index in [4.69, 9.17) is 17.0 Å². The molecule has 0 atom stereocenters. The summed E-state index contributed by atoms with van der Waals surface area (Å²) in [5, 5.41) is 7.01. The normalized spacial score (nSPS) is 12.6. The van der Waals surface area contributed by atoms with Gasteiger partial charge in [-0.25, -0.2) is 0 Å². The molecule has 0 fully saturated rings. The Labute approximate surface area is 130 Å². The largest absolute Gasteiger partial charge is 0.497 e. The van der Waals surface area contributed by atoms with Gasteiger partial charge in [0.2, 0.25) is 0 Å². The third kappa shape index (κ3) is 3.34. The van der Waals surface area contributed by atoms with Crippen LogP contribution < -0.4 is 15.4 Å². The van der Waals surface area contributed by atoms with Gasteiger partial charge in [0.05, 0.1) is 7.11 Å². The van der Waals surface area contributed by atoms with Crippen molar-refractivity contribution in [3.63, 3.8) is 0 Å². The summed E-state index contributed by atoms with van der Waals surface area (Å²) in [4.78, 5) is 0. The van der Waals surface area contributed by atoms with E-state index < -0.39 is 0 Å². The summed E-state index contributed by atoms with van der Waals surface area (Å²) in [7, 11) is 1.66.